The molecule has 5 aromatic rings. The second-order valence-electron chi connectivity index (χ2n) is 14.3. The summed E-state index contributed by atoms with van der Waals surface area (Å²) >= 11 is 0. The second kappa shape index (κ2) is 10.1. The number of anilines is 5. The third-order valence-corrected chi connectivity index (χ3v) is 10.1. The lowest BCUT2D eigenvalue weighted by molar-refractivity contribution is 0.590. The fraction of sp³-hybridized carbons (Fsp3) is 0.209. The summed E-state index contributed by atoms with van der Waals surface area (Å²) in [5.41, 5.74) is 15.7. The fourth-order valence-electron chi connectivity index (χ4n) is 7.69. The van der Waals surface area contributed by atoms with Gasteiger partial charge in [0.25, 0.3) is 0 Å². The molecule has 3 aliphatic rings. The van der Waals surface area contributed by atoms with Crippen LogP contribution in [0.4, 0.5) is 28.4 Å². The molecule has 2 nitrogen and oxygen atoms in total. The molecule has 1 aliphatic carbocycles. The molecular formula is C43H40N2. The first kappa shape index (κ1) is 27.7. The molecule has 45 heavy (non-hydrogen) atoms. The van der Waals surface area contributed by atoms with Gasteiger partial charge in [-0.05, 0) is 93.8 Å². The molecule has 5 aromatic carbocycles. The van der Waals surface area contributed by atoms with Crippen molar-refractivity contribution in [2.24, 2.45) is 0 Å². The van der Waals surface area contributed by atoms with Crippen molar-refractivity contribution in [2.45, 2.75) is 57.8 Å². The number of hydrogen-bond donors (Lipinski definition) is 0. The summed E-state index contributed by atoms with van der Waals surface area (Å²) in [6.45, 7) is 11.6. The molecule has 2 aliphatic heterocycles. The monoisotopic (exact) mass is 584 g/mol. The average Bonchev–Trinajstić information content (AvgIpc) is 3.39. The fourth-order valence-corrected chi connectivity index (χ4v) is 7.69. The summed E-state index contributed by atoms with van der Waals surface area (Å²) in [7, 11) is 0. The molecule has 0 N–H and O–H groups in total. The summed E-state index contributed by atoms with van der Waals surface area (Å²) in [6, 6.07) is 44.9. The highest BCUT2D eigenvalue weighted by molar-refractivity contribution is 5.88. The van der Waals surface area contributed by atoms with Crippen LogP contribution in [0.1, 0.15) is 63.6 Å². The van der Waals surface area contributed by atoms with Crippen LogP contribution in [0.15, 0.2) is 145 Å². The number of hydrogen-bond acceptors (Lipinski definition) is 2. The summed E-state index contributed by atoms with van der Waals surface area (Å²) in [4.78, 5) is 4.99. The smallest absolute Gasteiger partial charge is 0.0499 e. The Labute approximate surface area is 268 Å². The standard InChI is InChI=1S/C43H40N2/c1-42(2,3)31-21-23-32(24-22-31)44(33-16-11-15-30(27-33)29-13-7-6-8-14-29)34-25-26-39-36(28-34)35-17-12-19-38-41(35)45(39)40-20-10-9-18-37(40)43(38,4)5/h6-16,18-28,35H,17H2,1-5H3. The third-order valence-electron chi connectivity index (χ3n) is 10.1. The van der Waals surface area contributed by atoms with Gasteiger partial charge in [0.05, 0.1) is 0 Å². The van der Waals surface area contributed by atoms with E-state index in [2.05, 4.69) is 178 Å². The zero-order valence-electron chi connectivity index (χ0n) is 26.9. The highest BCUT2D eigenvalue weighted by Crippen LogP contribution is 2.60. The number of nitrogens with zero attached hydrogens (tertiary/aromatic N) is 2. The van der Waals surface area contributed by atoms with Gasteiger partial charge in [-0.2, -0.15) is 0 Å². The topological polar surface area (TPSA) is 6.48 Å². The average molecular weight is 585 g/mol. The van der Waals surface area contributed by atoms with Gasteiger partial charge in [0.15, 0.2) is 0 Å². The third kappa shape index (κ3) is 4.38. The zero-order valence-corrected chi connectivity index (χ0v) is 26.9. The van der Waals surface area contributed by atoms with Crippen molar-refractivity contribution >= 4 is 28.4 Å². The van der Waals surface area contributed by atoms with E-state index >= 15 is 0 Å². The van der Waals surface area contributed by atoms with E-state index in [1.54, 1.807) is 0 Å². The van der Waals surface area contributed by atoms with Crippen LogP contribution in [0.2, 0.25) is 0 Å². The van der Waals surface area contributed by atoms with Gasteiger partial charge in [0, 0.05) is 45.5 Å². The van der Waals surface area contributed by atoms with Crippen LogP contribution >= 0.6 is 0 Å². The first-order valence-electron chi connectivity index (χ1n) is 16.2. The van der Waals surface area contributed by atoms with E-state index in [0.717, 1.165) is 12.1 Å². The Hall–Kier alpha value is -4.82. The Bertz CT molecular complexity index is 1990. The minimum absolute atomic E-state index is 0.0405. The highest BCUT2D eigenvalue weighted by Gasteiger charge is 2.46. The van der Waals surface area contributed by atoms with Gasteiger partial charge >= 0.3 is 0 Å². The lowest BCUT2D eigenvalue weighted by Gasteiger charge is -2.42. The van der Waals surface area contributed by atoms with Gasteiger partial charge in [0.1, 0.15) is 0 Å². The molecule has 0 fully saturated rings. The van der Waals surface area contributed by atoms with Crippen LogP contribution in [0.5, 0.6) is 0 Å². The zero-order chi connectivity index (χ0) is 30.9. The molecule has 0 saturated carbocycles. The van der Waals surface area contributed by atoms with E-state index in [0.29, 0.717) is 5.92 Å². The molecule has 1 unspecified atom stereocenters. The Kier molecular flexibility index (Phi) is 6.22. The van der Waals surface area contributed by atoms with Crippen molar-refractivity contribution < 1.29 is 0 Å². The van der Waals surface area contributed by atoms with E-state index in [9.17, 15) is 0 Å². The normalized spacial score (nSPS) is 17.5. The van der Waals surface area contributed by atoms with Crippen molar-refractivity contribution in [3.05, 3.63) is 161 Å². The minimum atomic E-state index is -0.0405. The molecular weight excluding hydrogens is 544 g/mol. The van der Waals surface area contributed by atoms with Crippen molar-refractivity contribution in [3.8, 4) is 11.1 Å². The van der Waals surface area contributed by atoms with Gasteiger partial charge in [-0.15, -0.1) is 0 Å². The molecule has 0 aromatic heterocycles. The summed E-state index contributed by atoms with van der Waals surface area (Å²) < 4.78 is 0. The van der Waals surface area contributed by atoms with Gasteiger partial charge in [-0.25, -0.2) is 0 Å². The van der Waals surface area contributed by atoms with Crippen molar-refractivity contribution in [3.63, 3.8) is 0 Å². The Morgan fingerprint density at radius 2 is 1.36 bits per heavy atom. The van der Waals surface area contributed by atoms with Crippen molar-refractivity contribution in [2.75, 3.05) is 9.80 Å². The number of allylic oxidation sites excluding steroid dienone is 4. The highest BCUT2D eigenvalue weighted by atomic mass is 15.2. The van der Waals surface area contributed by atoms with Crippen LogP contribution in [-0.4, -0.2) is 0 Å². The maximum absolute atomic E-state index is 2.56. The quantitative estimate of drug-likeness (QED) is 0.207. The molecule has 1 atom stereocenters. The predicted molar refractivity (Wildman–Crippen MR) is 190 cm³/mol. The number of rotatable bonds is 4. The number of fused-ring (bicyclic) bond motifs is 5. The molecule has 0 saturated heterocycles. The van der Waals surface area contributed by atoms with Crippen LogP contribution in [0.25, 0.3) is 11.1 Å². The van der Waals surface area contributed by atoms with Gasteiger partial charge in [0.2, 0.25) is 0 Å². The summed E-state index contributed by atoms with van der Waals surface area (Å²) in [5, 5.41) is 0. The van der Waals surface area contributed by atoms with E-state index in [4.69, 9.17) is 0 Å². The molecule has 2 heteroatoms. The second-order valence-corrected chi connectivity index (χ2v) is 14.3. The van der Waals surface area contributed by atoms with Gasteiger partial charge in [-0.1, -0.05) is 120 Å². The molecule has 0 amide bonds. The first-order chi connectivity index (χ1) is 21.7. The summed E-state index contributed by atoms with van der Waals surface area (Å²) in [6.07, 6.45) is 5.80. The van der Waals surface area contributed by atoms with E-state index in [1.165, 1.54) is 61.8 Å². The molecule has 0 spiro atoms. The Balaban J connectivity index is 1.30. The van der Waals surface area contributed by atoms with Crippen molar-refractivity contribution in [1.82, 2.24) is 0 Å². The molecule has 2 heterocycles. The lowest BCUT2D eigenvalue weighted by Crippen LogP contribution is -2.33. The summed E-state index contributed by atoms with van der Waals surface area (Å²) in [5.74, 6) is 0.341. The van der Waals surface area contributed by atoms with Crippen LogP contribution in [-0.2, 0) is 10.8 Å². The first-order valence-corrected chi connectivity index (χ1v) is 16.2. The predicted octanol–water partition coefficient (Wildman–Crippen LogP) is 11.9. The van der Waals surface area contributed by atoms with Crippen molar-refractivity contribution in [1.29, 1.82) is 0 Å². The Morgan fingerprint density at radius 1 is 0.667 bits per heavy atom. The van der Waals surface area contributed by atoms with E-state index < -0.39 is 0 Å². The Morgan fingerprint density at radius 3 is 2.13 bits per heavy atom. The lowest BCUT2D eigenvalue weighted by atomic mass is 9.70. The van der Waals surface area contributed by atoms with Gasteiger partial charge < -0.3 is 9.80 Å². The largest absolute Gasteiger partial charge is 0.313 e. The van der Waals surface area contributed by atoms with Crippen LogP contribution in [0, 0.1) is 0 Å². The SMILES string of the molecule is CC(C)(C)c1ccc(N(c2cccc(-c3ccccc3)c2)c2ccc3c(c2)C2CC=CC4=C2N3c2ccccc2C4(C)C)cc1. The van der Waals surface area contributed by atoms with E-state index in [1.807, 2.05) is 0 Å². The van der Waals surface area contributed by atoms with Gasteiger partial charge in [-0.3, -0.25) is 0 Å². The maximum atomic E-state index is 2.56. The molecule has 0 radical (unpaired) electrons. The number of benzene rings is 5. The van der Waals surface area contributed by atoms with Crippen LogP contribution in [0.3, 0.4) is 0 Å². The molecule has 8 rings (SSSR count). The molecule has 222 valence electrons. The van der Waals surface area contributed by atoms with E-state index in [-0.39, 0.29) is 10.8 Å². The maximum Gasteiger partial charge on any atom is 0.0499 e. The number of para-hydroxylation sites is 1. The molecule has 0 bridgehead atoms. The minimum Gasteiger partial charge on any atom is -0.313 e. The van der Waals surface area contributed by atoms with Crippen LogP contribution < -0.4 is 9.80 Å².